The standard InChI is InChI=1S/C61H112O5/c1-4-7-10-13-16-19-22-25-28-31-33-36-39-42-45-48-51-54-60(62)65-58-59(57-64-56-53-50-47-44-41-38-35-30-27-24-21-18-15-12-9-6-3)66-61(63)55-52-49-46-43-40-37-34-32-29-26-23-20-17-14-11-8-5-2/h9,12,18,21,27,30,38,41,59H,4-8,10-11,13-17,19-20,22-26,28-29,31-37,39-40,42-58H2,1-3H3/b12-9-,21-18-,30-27-,41-38-. The molecule has 5 heteroatoms. The van der Waals surface area contributed by atoms with Gasteiger partial charge in [0.15, 0.2) is 6.10 Å². The first kappa shape index (κ1) is 63.9. The Kier molecular flexibility index (Phi) is 55.3. The second-order valence-electron chi connectivity index (χ2n) is 19.5. The second-order valence-corrected chi connectivity index (χ2v) is 19.5. The molecule has 0 aliphatic heterocycles. The fourth-order valence-electron chi connectivity index (χ4n) is 8.56. The van der Waals surface area contributed by atoms with E-state index in [4.69, 9.17) is 14.2 Å². The van der Waals surface area contributed by atoms with Crippen molar-refractivity contribution in [3.63, 3.8) is 0 Å². The molecule has 1 atom stereocenters. The third kappa shape index (κ3) is 54.5. The first-order valence-corrected chi connectivity index (χ1v) is 29.2. The molecule has 0 rings (SSSR count). The Hall–Kier alpha value is -2.14. The van der Waals surface area contributed by atoms with E-state index in [9.17, 15) is 9.59 Å². The molecule has 0 saturated carbocycles. The van der Waals surface area contributed by atoms with E-state index in [2.05, 4.69) is 69.4 Å². The minimum Gasteiger partial charge on any atom is -0.462 e. The summed E-state index contributed by atoms with van der Waals surface area (Å²) in [5.74, 6) is -0.396. The topological polar surface area (TPSA) is 61.8 Å². The molecule has 66 heavy (non-hydrogen) atoms. The van der Waals surface area contributed by atoms with E-state index >= 15 is 0 Å². The van der Waals surface area contributed by atoms with Crippen molar-refractivity contribution in [1.29, 1.82) is 0 Å². The Morgan fingerprint density at radius 1 is 0.348 bits per heavy atom. The molecule has 0 bridgehead atoms. The van der Waals surface area contributed by atoms with Crippen LogP contribution in [-0.2, 0) is 23.8 Å². The number of hydrogen-bond acceptors (Lipinski definition) is 5. The number of ether oxygens (including phenoxy) is 3. The Balaban J connectivity index is 4.27. The molecule has 5 nitrogen and oxygen atoms in total. The lowest BCUT2D eigenvalue weighted by molar-refractivity contribution is -0.163. The smallest absolute Gasteiger partial charge is 0.306 e. The molecule has 0 radical (unpaired) electrons. The maximum absolute atomic E-state index is 12.9. The third-order valence-corrected chi connectivity index (χ3v) is 12.9. The van der Waals surface area contributed by atoms with Gasteiger partial charge in [0.2, 0.25) is 0 Å². The number of carbonyl (C=O) groups is 2. The van der Waals surface area contributed by atoms with Gasteiger partial charge in [-0.15, -0.1) is 0 Å². The Bertz CT molecular complexity index is 1090. The fourth-order valence-corrected chi connectivity index (χ4v) is 8.56. The summed E-state index contributed by atoms with van der Waals surface area (Å²) in [7, 11) is 0. The van der Waals surface area contributed by atoms with Crippen LogP contribution < -0.4 is 0 Å². The van der Waals surface area contributed by atoms with Gasteiger partial charge in [-0.25, -0.2) is 0 Å². The van der Waals surface area contributed by atoms with Gasteiger partial charge in [-0.1, -0.05) is 281 Å². The van der Waals surface area contributed by atoms with Crippen LogP contribution in [0.2, 0.25) is 0 Å². The van der Waals surface area contributed by atoms with Crippen LogP contribution in [0.1, 0.15) is 303 Å². The summed E-state index contributed by atoms with van der Waals surface area (Å²) < 4.78 is 17.5. The zero-order chi connectivity index (χ0) is 47.7. The van der Waals surface area contributed by atoms with Crippen molar-refractivity contribution < 1.29 is 23.8 Å². The zero-order valence-corrected chi connectivity index (χ0v) is 44.5. The van der Waals surface area contributed by atoms with E-state index in [0.29, 0.717) is 19.4 Å². The number of allylic oxidation sites excluding steroid dienone is 8. The number of rotatable bonds is 54. The Morgan fingerprint density at radius 2 is 0.682 bits per heavy atom. The molecule has 0 amide bonds. The van der Waals surface area contributed by atoms with E-state index in [0.717, 1.165) is 77.0 Å². The van der Waals surface area contributed by atoms with Crippen molar-refractivity contribution in [1.82, 2.24) is 0 Å². The average Bonchev–Trinajstić information content (AvgIpc) is 3.32. The lowest BCUT2D eigenvalue weighted by Gasteiger charge is -2.18. The molecular formula is C61H112O5. The van der Waals surface area contributed by atoms with Gasteiger partial charge in [0.1, 0.15) is 6.61 Å². The quantitative estimate of drug-likeness (QED) is 0.0345. The zero-order valence-electron chi connectivity index (χ0n) is 44.5. The summed E-state index contributed by atoms with van der Waals surface area (Å²) in [6.07, 6.45) is 71.4. The lowest BCUT2D eigenvalue weighted by atomic mass is 10.0. The van der Waals surface area contributed by atoms with Crippen molar-refractivity contribution in [2.75, 3.05) is 19.8 Å². The van der Waals surface area contributed by atoms with Gasteiger partial charge < -0.3 is 14.2 Å². The van der Waals surface area contributed by atoms with Gasteiger partial charge in [-0.3, -0.25) is 9.59 Å². The molecule has 0 N–H and O–H groups in total. The van der Waals surface area contributed by atoms with Crippen LogP contribution in [0.15, 0.2) is 48.6 Å². The van der Waals surface area contributed by atoms with E-state index in [1.807, 2.05) is 0 Å². The van der Waals surface area contributed by atoms with Crippen LogP contribution in [0.25, 0.3) is 0 Å². The first-order chi connectivity index (χ1) is 32.6. The van der Waals surface area contributed by atoms with Gasteiger partial charge in [0.25, 0.3) is 0 Å². The van der Waals surface area contributed by atoms with Gasteiger partial charge in [0, 0.05) is 19.4 Å². The summed E-state index contributed by atoms with van der Waals surface area (Å²) in [5, 5.41) is 0. The van der Waals surface area contributed by atoms with E-state index < -0.39 is 6.10 Å². The molecule has 0 fully saturated rings. The maximum atomic E-state index is 12.9. The van der Waals surface area contributed by atoms with Crippen LogP contribution in [-0.4, -0.2) is 37.9 Å². The number of unbranched alkanes of at least 4 members (excludes halogenated alkanes) is 35. The highest BCUT2D eigenvalue weighted by atomic mass is 16.6. The van der Waals surface area contributed by atoms with E-state index in [1.165, 1.54) is 193 Å². The predicted octanol–water partition coefficient (Wildman–Crippen LogP) is 19.9. The summed E-state index contributed by atoms with van der Waals surface area (Å²) in [5.41, 5.74) is 0. The van der Waals surface area contributed by atoms with Crippen LogP contribution in [0, 0.1) is 0 Å². The highest BCUT2D eigenvalue weighted by Gasteiger charge is 2.17. The molecule has 386 valence electrons. The Morgan fingerprint density at radius 3 is 1.08 bits per heavy atom. The van der Waals surface area contributed by atoms with Gasteiger partial charge in [-0.2, -0.15) is 0 Å². The number of carbonyl (C=O) groups excluding carboxylic acids is 2. The number of esters is 2. The van der Waals surface area contributed by atoms with Gasteiger partial charge in [-0.05, 0) is 57.8 Å². The molecule has 0 aromatic rings. The van der Waals surface area contributed by atoms with Crippen LogP contribution >= 0.6 is 0 Å². The lowest BCUT2D eigenvalue weighted by Crippen LogP contribution is -2.30. The predicted molar refractivity (Wildman–Crippen MR) is 288 cm³/mol. The second kappa shape index (κ2) is 57.2. The first-order valence-electron chi connectivity index (χ1n) is 29.2. The van der Waals surface area contributed by atoms with Gasteiger partial charge in [0.05, 0.1) is 6.61 Å². The molecule has 0 aromatic heterocycles. The van der Waals surface area contributed by atoms with Crippen molar-refractivity contribution >= 4 is 11.9 Å². The maximum Gasteiger partial charge on any atom is 0.306 e. The molecule has 0 heterocycles. The molecule has 0 aromatic carbocycles. The minimum atomic E-state index is -0.549. The monoisotopic (exact) mass is 925 g/mol. The fraction of sp³-hybridized carbons (Fsp3) is 0.836. The summed E-state index contributed by atoms with van der Waals surface area (Å²) >= 11 is 0. The summed E-state index contributed by atoms with van der Waals surface area (Å²) in [4.78, 5) is 25.5. The molecule has 0 spiro atoms. The van der Waals surface area contributed by atoms with Crippen molar-refractivity contribution in [3.05, 3.63) is 48.6 Å². The number of hydrogen-bond donors (Lipinski definition) is 0. The molecule has 0 saturated heterocycles. The van der Waals surface area contributed by atoms with E-state index in [1.54, 1.807) is 0 Å². The molecule has 0 aliphatic carbocycles. The van der Waals surface area contributed by atoms with Gasteiger partial charge >= 0.3 is 11.9 Å². The molecular weight excluding hydrogens is 813 g/mol. The normalized spacial score (nSPS) is 12.5. The van der Waals surface area contributed by atoms with Crippen LogP contribution in [0.3, 0.4) is 0 Å². The summed E-state index contributed by atoms with van der Waals surface area (Å²) in [6.45, 7) is 7.71. The van der Waals surface area contributed by atoms with Crippen LogP contribution in [0.4, 0.5) is 0 Å². The highest BCUT2D eigenvalue weighted by molar-refractivity contribution is 5.70. The minimum absolute atomic E-state index is 0.0778. The van der Waals surface area contributed by atoms with E-state index in [-0.39, 0.29) is 25.2 Å². The highest BCUT2D eigenvalue weighted by Crippen LogP contribution is 2.17. The van der Waals surface area contributed by atoms with Crippen LogP contribution in [0.5, 0.6) is 0 Å². The van der Waals surface area contributed by atoms with Crippen molar-refractivity contribution in [3.8, 4) is 0 Å². The largest absolute Gasteiger partial charge is 0.462 e. The van der Waals surface area contributed by atoms with Crippen molar-refractivity contribution in [2.24, 2.45) is 0 Å². The van der Waals surface area contributed by atoms with Crippen molar-refractivity contribution in [2.45, 2.75) is 309 Å². The third-order valence-electron chi connectivity index (χ3n) is 12.9. The molecule has 1 unspecified atom stereocenters. The average molecular weight is 926 g/mol. The Labute approximate surface area is 412 Å². The SMILES string of the molecule is CC/C=C\C/C=C\C/C=C\C/C=C\CCCCCOCC(COC(=O)CCCCCCCCCCCCCCCCCCC)OC(=O)CCCCCCCCCCCCCCCCCCC. The molecule has 0 aliphatic rings. The summed E-state index contributed by atoms with van der Waals surface area (Å²) in [6, 6.07) is 0.